The van der Waals surface area contributed by atoms with Crippen LogP contribution in [0.2, 0.25) is 0 Å². The molecule has 1 aliphatic heterocycles. The third-order valence-corrected chi connectivity index (χ3v) is 7.63. The predicted molar refractivity (Wildman–Crippen MR) is 155 cm³/mol. The van der Waals surface area contributed by atoms with Crippen LogP contribution in [0.4, 0.5) is 0 Å². The van der Waals surface area contributed by atoms with E-state index in [4.69, 9.17) is 9.31 Å². The molecule has 10 heteroatoms. The minimum Gasteiger partial charge on any atom is -0.480 e. The van der Waals surface area contributed by atoms with Crippen molar-refractivity contribution in [2.24, 2.45) is 0 Å². The van der Waals surface area contributed by atoms with Gasteiger partial charge in [0.25, 0.3) is 11.8 Å². The Morgan fingerprint density at radius 3 is 1.88 bits per heavy atom. The first-order chi connectivity index (χ1) is 19.4. The highest BCUT2D eigenvalue weighted by atomic mass is 16.7. The summed E-state index contributed by atoms with van der Waals surface area (Å²) in [5, 5.41) is 26.0. The molecule has 1 aliphatic rings. The van der Waals surface area contributed by atoms with Gasteiger partial charge in [-0.3, -0.25) is 9.59 Å². The van der Waals surface area contributed by atoms with Crippen molar-refractivity contribution in [1.29, 1.82) is 0 Å². The van der Waals surface area contributed by atoms with Crippen LogP contribution >= 0.6 is 0 Å². The quantitative estimate of drug-likeness (QED) is 0.281. The molecule has 2 amide bonds. The van der Waals surface area contributed by atoms with Crippen LogP contribution in [-0.2, 0) is 25.3 Å². The van der Waals surface area contributed by atoms with Crippen molar-refractivity contribution < 1.29 is 33.9 Å². The molecular formula is C31H35BN2O7. The van der Waals surface area contributed by atoms with Crippen molar-refractivity contribution >= 4 is 30.4 Å². The first-order valence-corrected chi connectivity index (χ1v) is 13.4. The van der Waals surface area contributed by atoms with E-state index >= 15 is 0 Å². The number of aliphatic hydroxyl groups is 1. The average molecular weight is 558 g/mol. The number of carbonyl (C=O) groups excluding carboxylic acids is 2. The molecule has 0 radical (unpaired) electrons. The van der Waals surface area contributed by atoms with Crippen LogP contribution in [-0.4, -0.2) is 58.5 Å². The third kappa shape index (κ3) is 7.03. The monoisotopic (exact) mass is 558 g/mol. The summed E-state index contributed by atoms with van der Waals surface area (Å²) < 4.78 is 12.1. The molecule has 3 aromatic carbocycles. The molecule has 3 atom stereocenters. The van der Waals surface area contributed by atoms with Crippen molar-refractivity contribution in [1.82, 2.24) is 10.6 Å². The molecule has 1 fully saturated rings. The van der Waals surface area contributed by atoms with E-state index in [9.17, 15) is 24.6 Å². The number of amides is 2. The molecule has 0 aromatic heterocycles. The van der Waals surface area contributed by atoms with Crippen LogP contribution in [0.25, 0.3) is 0 Å². The second-order valence-corrected chi connectivity index (χ2v) is 11.1. The zero-order chi connectivity index (χ0) is 29.8. The minimum atomic E-state index is -1.75. The maximum absolute atomic E-state index is 13.1. The number of carbonyl (C=O) groups is 3. The molecule has 214 valence electrons. The summed E-state index contributed by atoms with van der Waals surface area (Å²) in [5.74, 6) is -2.67. The number of benzene rings is 3. The summed E-state index contributed by atoms with van der Waals surface area (Å²) in [6.45, 7) is 7.85. The van der Waals surface area contributed by atoms with Gasteiger partial charge in [0.2, 0.25) is 0 Å². The van der Waals surface area contributed by atoms with E-state index in [0.717, 1.165) is 5.46 Å². The number of hydrogen-bond donors (Lipinski definition) is 4. The SMILES string of the molecule is CC1(C)OB(c2ccc(C[C@H](NC(=O)[C@H](O)[C@@H](NC(=O)c3ccccc3)c3ccccc3)C(=O)O)cc2)OC1(C)C. The van der Waals surface area contributed by atoms with Crippen LogP contribution in [0, 0.1) is 0 Å². The number of nitrogens with one attached hydrogen (secondary N) is 2. The molecule has 0 aliphatic carbocycles. The molecule has 41 heavy (non-hydrogen) atoms. The van der Waals surface area contributed by atoms with Gasteiger partial charge in [-0.15, -0.1) is 0 Å². The molecule has 3 aromatic rings. The number of aliphatic carboxylic acids is 1. The van der Waals surface area contributed by atoms with E-state index < -0.39 is 54.3 Å². The summed E-state index contributed by atoms with van der Waals surface area (Å²) in [5.41, 5.74) is 1.31. The lowest BCUT2D eigenvalue weighted by Crippen LogP contribution is -2.50. The molecule has 1 saturated heterocycles. The number of carboxylic acids is 1. The van der Waals surface area contributed by atoms with Crippen LogP contribution in [0.15, 0.2) is 84.9 Å². The summed E-state index contributed by atoms with van der Waals surface area (Å²) in [7, 11) is -0.555. The molecule has 4 N–H and O–H groups in total. The Hall–Kier alpha value is -3.99. The normalized spacial score (nSPS) is 17.7. The average Bonchev–Trinajstić information content (AvgIpc) is 3.18. The fraction of sp³-hybridized carbons (Fsp3) is 0.323. The highest BCUT2D eigenvalue weighted by Gasteiger charge is 2.51. The first-order valence-electron chi connectivity index (χ1n) is 13.4. The van der Waals surface area contributed by atoms with Crippen LogP contribution < -0.4 is 16.1 Å². The zero-order valence-corrected chi connectivity index (χ0v) is 23.5. The largest absolute Gasteiger partial charge is 0.494 e. The standard InChI is InChI=1S/C31H35BN2O7/c1-30(2)31(3,4)41-32(40-30)23-17-15-20(16-18-23)19-24(29(38)39)33-28(37)26(35)25(21-11-7-5-8-12-21)34-27(36)22-13-9-6-10-14-22/h5-18,24-26,35H,19H2,1-4H3,(H,33,37)(H,34,36)(H,38,39)/t24-,25-,26+/m0/s1. The Morgan fingerprint density at radius 2 is 1.34 bits per heavy atom. The topological polar surface area (TPSA) is 134 Å². The lowest BCUT2D eigenvalue weighted by Gasteiger charge is -2.32. The Bertz CT molecular complexity index is 1350. The molecule has 9 nitrogen and oxygen atoms in total. The second kappa shape index (κ2) is 12.3. The Labute approximate surface area is 240 Å². The van der Waals surface area contributed by atoms with Gasteiger partial charge in [0, 0.05) is 12.0 Å². The second-order valence-electron chi connectivity index (χ2n) is 11.1. The summed E-state index contributed by atoms with van der Waals surface area (Å²) in [6, 6.07) is 21.6. The molecule has 0 spiro atoms. The Balaban J connectivity index is 1.45. The van der Waals surface area contributed by atoms with Gasteiger partial charge in [-0.25, -0.2) is 4.79 Å². The van der Waals surface area contributed by atoms with E-state index in [-0.39, 0.29) is 6.42 Å². The van der Waals surface area contributed by atoms with E-state index in [2.05, 4.69) is 10.6 Å². The lowest BCUT2D eigenvalue weighted by molar-refractivity contribution is -0.143. The third-order valence-electron chi connectivity index (χ3n) is 7.63. The van der Waals surface area contributed by atoms with Crippen molar-refractivity contribution in [3.05, 3.63) is 102 Å². The minimum absolute atomic E-state index is 0.0240. The Morgan fingerprint density at radius 1 is 0.805 bits per heavy atom. The molecule has 4 rings (SSSR count). The first kappa shape index (κ1) is 30.0. The van der Waals surface area contributed by atoms with Gasteiger partial charge in [0.1, 0.15) is 6.04 Å². The van der Waals surface area contributed by atoms with Gasteiger partial charge >= 0.3 is 13.1 Å². The van der Waals surface area contributed by atoms with Crippen molar-refractivity contribution in [2.45, 2.75) is 63.5 Å². The number of hydrogen-bond acceptors (Lipinski definition) is 6. The smallest absolute Gasteiger partial charge is 0.480 e. The number of aliphatic hydroxyl groups excluding tert-OH is 1. The lowest BCUT2D eigenvalue weighted by atomic mass is 9.78. The van der Waals surface area contributed by atoms with Gasteiger partial charge in [-0.1, -0.05) is 72.8 Å². The van der Waals surface area contributed by atoms with Crippen LogP contribution in [0.5, 0.6) is 0 Å². The molecule has 0 bridgehead atoms. The zero-order valence-electron chi connectivity index (χ0n) is 23.5. The van der Waals surface area contributed by atoms with E-state index in [1.165, 1.54) is 0 Å². The van der Waals surface area contributed by atoms with Gasteiger partial charge in [0.05, 0.1) is 17.2 Å². The van der Waals surface area contributed by atoms with Crippen molar-refractivity contribution in [3.63, 3.8) is 0 Å². The molecule has 0 saturated carbocycles. The summed E-state index contributed by atoms with van der Waals surface area (Å²) >= 11 is 0. The summed E-state index contributed by atoms with van der Waals surface area (Å²) in [4.78, 5) is 38.1. The van der Waals surface area contributed by atoms with Gasteiger partial charge < -0.3 is 30.2 Å². The highest BCUT2D eigenvalue weighted by Crippen LogP contribution is 2.36. The molecule has 1 heterocycles. The van der Waals surface area contributed by atoms with Crippen LogP contribution in [0.3, 0.4) is 0 Å². The Kier molecular flexibility index (Phi) is 8.97. The van der Waals surface area contributed by atoms with Crippen molar-refractivity contribution in [2.75, 3.05) is 0 Å². The maximum atomic E-state index is 13.1. The molecule has 0 unspecified atom stereocenters. The van der Waals surface area contributed by atoms with Gasteiger partial charge in [-0.05, 0) is 56.4 Å². The number of rotatable bonds is 10. The predicted octanol–water partition coefficient (Wildman–Crippen LogP) is 2.63. The van der Waals surface area contributed by atoms with E-state index in [1.807, 2.05) is 27.7 Å². The van der Waals surface area contributed by atoms with Crippen molar-refractivity contribution in [3.8, 4) is 0 Å². The van der Waals surface area contributed by atoms with Gasteiger partial charge in [0.15, 0.2) is 6.10 Å². The van der Waals surface area contributed by atoms with E-state index in [1.54, 1.807) is 84.9 Å². The van der Waals surface area contributed by atoms with Crippen LogP contribution in [0.1, 0.15) is 55.2 Å². The van der Waals surface area contributed by atoms with E-state index in [0.29, 0.717) is 16.7 Å². The summed E-state index contributed by atoms with van der Waals surface area (Å²) in [6.07, 6.45) is -1.78. The number of carboxylic acid groups (broad SMARTS) is 1. The maximum Gasteiger partial charge on any atom is 0.494 e. The molecular weight excluding hydrogens is 523 g/mol. The fourth-order valence-electron chi connectivity index (χ4n) is 4.45. The fourth-order valence-corrected chi connectivity index (χ4v) is 4.45. The van der Waals surface area contributed by atoms with Gasteiger partial charge in [-0.2, -0.15) is 0 Å². The highest BCUT2D eigenvalue weighted by molar-refractivity contribution is 6.62.